The lowest BCUT2D eigenvalue weighted by atomic mass is 9.94. The molecule has 3 aromatic heterocycles. The third-order valence-electron chi connectivity index (χ3n) is 7.00. The lowest BCUT2D eigenvalue weighted by molar-refractivity contribution is -0.118. The number of methoxy groups -OCH3 is 1. The molecular weight excluding hydrogens is 477 g/mol. The van der Waals surface area contributed by atoms with E-state index in [1.807, 2.05) is 24.4 Å². The second-order valence-corrected chi connectivity index (χ2v) is 9.28. The molecule has 0 saturated carbocycles. The summed E-state index contributed by atoms with van der Waals surface area (Å²) in [4.78, 5) is 22.6. The van der Waals surface area contributed by atoms with Gasteiger partial charge in [-0.05, 0) is 56.6 Å². The van der Waals surface area contributed by atoms with Crippen molar-refractivity contribution in [3.05, 3.63) is 59.8 Å². The summed E-state index contributed by atoms with van der Waals surface area (Å²) in [7, 11) is 1.55. The standard InChI is InChI=1S/C26H26FN7O3/c1-36-25-5-3-20-26(30-25)18(19(27)13-28-20)8-11-33-9-6-16(7-10-33)22-14-34(32-31-22)17-2-4-23-21(12-17)29-24(35)15-37-23/h2-5,12-14,16H,6-11,15H2,1H3,(H,29,35). The molecule has 0 bridgehead atoms. The number of fused-ring (bicyclic) bond motifs is 2. The molecule has 1 saturated heterocycles. The Labute approximate surface area is 212 Å². The number of hydrogen-bond donors (Lipinski definition) is 1. The molecule has 190 valence electrons. The number of nitrogens with one attached hydrogen (secondary N) is 1. The van der Waals surface area contributed by atoms with Gasteiger partial charge in [0.15, 0.2) is 6.61 Å². The summed E-state index contributed by atoms with van der Waals surface area (Å²) in [6.45, 7) is 2.54. The predicted octanol–water partition coefficient (Wildman–Crippen LogP) is 3.11. The van der Waals surface area contributed by atoms with Crippen molar-refractivity contribution in [2.24, 2.45) is 0 Å². The summed E-state index contributed by atoms with van der Waals surface area (Å²) in [5.74, 6) is 0.879. The zero-order valence-electron chi connectivity index (χ0n) is 20.4. The Morgan fingerprint density at radius 2 is 2.08 bits per heavy atom. The number of nitrogens with zero attached hydrogens (tertiary/aromatic N) is 6. The van der Waals surface area contributed by atoms with E-state index in [0.29, 0.717) is 46.3 Å². The molecule has 0 atom stereocenters. The molecular formula is C26H26FN7O3. The second kappa shape index (κ2) is 9.74. The van der Waals surface area contributed by atoms with Crippen LogP contribution in [0.3, 0.4) is 0 Å². The average molecular weight is 504 g/mol. The van der Waals surface area contributed by atoms with E-state index in [0.717, 1.165) is 43.9 Å². The van der Waals surface area contributed by atoms with Crippen LogP contribution in [0.2, 0.25) is 0 Å². The SMILES string of the molecule is COc1ccc2ncc(F)c(CCN3CCC(c4cn(-c5ccc6c(c5)NC(=O)CO6)nn4)CC3)c2n1. The first-order valence-electron chi connectivity index (χ1n) is 12.3. The summed E-state index contributed by atoms with van der Waals surface area (Å²) in [6, 6.07) is 9.08. The van der Waals surface area contributed by atoms with Crippen LogP contribution in [0.1, 0.15) is 30.0 Å². The van der Waals surface area contributed by atoms with Gasteiger partial charge in [-0.3, -0.25) is 9.78 Å². The minimum absolute atomic E-state index is 0.0260. The van der Waals surface area contributed by atoms with Crippen LogP contribution < -0.4 is 14.8 Å². The maximum absolute atomic E-state index is 14.6. The van der Waals surface area contributed by atoms with Gasteiger partial charge in [-0.25, -0.2) is 14.1 Å². The molecule has 1 amide bonds. The Morgan fingerprint density at radius 3 is 2.92 bits per heavy atom. The number of aromatic nitrogens is 5. The van der Waals surface area contributed by atoms with Gasteiger partial charge >= 0.3 is 0 Å². The third kappa shape index (κ3) is 4.69. The molecule has 2 aliphatic rings. The van der Waals surface area contributed by atoms with Gasteiger partial charge in [-0.1, -0.05) is 5.21 Å². The van der Waals surface area contributed by atoms with Gasteiger partial charge in [0.1, 0.15) is 11.6 Å². The average Bonchev–Trinajstić information content (AvgIpc) is 3.42. The van der Waals surface area contributed by atoms with Crippen LogP contribution in [-0.2, 0) is 11.2 Å². The topological polar surface area (TPSA) is 107 Å². The number of piperidine rings is 1. The smallest absolute Gasteiger partial charge is 0.262 e. The molecule has 4 aromatic rings. The fourth-order valence-electron chi connectivity index (χ4n) is 4.95. The largest absolute Gasteiger partial charge is 0.482 e. The van der Waals surface area contributed by atoms with Gasteiger partial charge in [0.2, 0.25) is 5.88 Å². The maximum Gasteiger partial charge on any atom is 0.262 e. The number of anilines is 1. The monoisotopic (exact) mass is 503 g/mol. The van der Waals surface area contributed by atoms with E-state index < -0.39 is 0 Å². The number of rotatable bonds is 6. The molecule has 11 heteroatoms. The zero-order chi connectivity index (χ0) is 25.4. The molecule has 0 aliphatic carbocycles. The Balaban J connectivity index is 1.09. The summed E-state index contributed by atoms with van der Waals surface area (Å²) in [5.41, 5.74) is 4.16. The highest BCUT2D eigenvalue weighted by molar-refractivity contribution is 5.95. The van der Waals surface area contributed by atoms with E-state index in [1.54, 1.807) is 23.9 Å². The van der Waals surface area contributed by atoms with Crippen LogP contribution in [0.15, 0.2) is 42.7 Å². The Morgan fingerprint density at radius 1 is 1.22 bits per heavy atom. The molecule has 1 aromatic carbocycles. The zero-order valence-corrected chi connectivity index (χ0v) is 20.4. The third-order valence-corrected chi connectivity index (χ3v) is 7.00. The minimum atomic E-state index is -0.340. The first-order valence-corrected chi connectivity index (χ1v) is 12.3. The first kappa shape index (κ1) is 23.3. The molecule has 1 fully saturated rings. The summed E-state index contributed by atoms with van der Waals surface area (Å²) in [5, 5.41) is 11.6. The number of halogens is 1. The Kier molecular flexibility index (Phi) is 6.13. The van der Waals surface area contributed by atoms with Gasteiger partial charge in [0.25, 0.3) is 5.91 Å². The number of benzene rings is 1. The molecule has 2 aliphatic heterocycles. The molecule has 10 nitrogen and oxygen atoms in total. The van der Waals surface area contributed by atoms with Crippen LogP contribution in [0.25, 0.3) is 16.7 Å². The summed E-state index contributed by atoms with van der Waals surface area (Å²) >= 11 is 0. The number of pyridine rings is 2. The highest BCUT2D eigenvalue weighted by Gasteiger charge is 2.24. The van der Waals surface area contributed by atoms with E-state index in [1.165, 1.54) is 6.20 Å². The predicted molar refractivity (Wildman–Crippen MR) is 134 cm³/mol. The Hall–Kier alpha value is -4.12. The van der Waals surface area contributed by atoms with Gasteiger partial charge in [-0.2, -0.15) is 0 Å². The molecule has 5 heterocycles. The fraction of sp³-hybridized carbons (Fsp3) is 0.346. The van der Waals surface area contributed by atoms with Crippen LogP contribution in [0.5, 0.6) is 11.6 Å². The quantitative estimate of drug-likeness (QED) is 0.428. The van der Waals surface area contributed by atoms with Crippen molar-refractivity contribution in [2.75, 3.05) is 38.7 Å². The number of amides is 1. The van der Waals surface area contributed by atoms with E-state index in [4.69, 9.17) is 9.47 Å². The first-order chi connectivity index (χ1) is 18.1. The van der Waals surface area contributed by atoms with Crippen LogP contribution in [-0.4, -0.2) is 69.1 Å². The van der Waals surface area contributed by atoms with Crippen LogP contribution in [0, 0.1) is 5.82 Å². The highest BCUT2D eigenvalue weighted by Crippen LogP contribution is 2.31. The molecule has 37 heavy (non-hydrogen) atoms. The maximum atomic E-state index is 14.6. The van der Waals surface area contributed by atoms with Gasteiger partial charge < -0.3 is 19.7 Å². The van der Waals surface area contributed by atoms with Crippen LogP contribution in [0.4, 0.5) is 10.1 Å². The Bertz CT molecular complexity index is 1470. The molecule has 0 spiro atoms. The van der Waals surface area contributed by atoms with Crippen LogP contribution >= 0.6 is 0 Å². The molecule has 1 N–H and O–H groups in total. The number of hydrogen-bond acceptors (Lipinski definition) is 8. The van der Waals surface area contributed by atoms with Crippen molar-refractivity contribution in [3.63, 3.8) is 0 Å². The van der Waals surface area contributed by atoms with Crippen molar-refractivity contribution >= 4 is 22.6 Å². The van der Waals surface area contributed by atoms with Gasteiger partial charge in [-0.15, -0.1) is 5.10 Å². The van der Waals surface area contributed by atoms with Crippen molar-refractivity contribution in [3.8, 4) is 17.3 Å². The van der Waals surface area contributed by atoms with Crippen molar-refractivity contribution in [1.82, 2.24) is 29.9 Å². The van der Waals surface area contributed by atoms with E-state index in [2.05, 4.69) is 30.5 Å². The lowest BCUT2D eigenvalue weighted by Gasteiger charge is -2.31. The van der Waals surface area contributed by atoms with E-state index >= 15 is 0 Å². The van der Waals surface area contributed by atoms with Gasteiger partial charge in [0, 0.05) is 24.1 Å². The van der Waals surface area contributed by atoms with E-state index in [-0.39, 0.29) is 18.3 Å². The van der Waals surface area contributed by atoms with Gasteiger partial charge in [0.05, 0.1) is 47.6 Å². The summed E-state index contributed by atoms with van der Waals surface area (Å²) < 4.78 is 27.0. The molecule has 0 unspecified atom stereocenters. The number of likely N-dealkylation sites (tertiary alicyclic amines) is 1. The number of carbonyl (C=O) groups is 1. The van der Waals surface area contributed by atoms with Crippen molar-refractivity contribution in [1.29, 1.82) is 0 Å². The highest BCUT2D eigenvalue weighted by atomic mass is 19.1. The fourth-order valence-corrected chi connectivity index (χ4v) is 4.95. The lowest BCUT2D eigenvalue weighted by Crippen LogP contribution is -2.34. The molecule has 6 rings (SSSR count). The number of carbonyl (C=O) groups excluding carboxylic acids is 1. The second-order valence-electron chi connectivity index (χ2n) is 9.28. The normalized spacial score (nSPS) is 16.3. The summed E-state index contributed by atoms with van der Waals surface area (Å²) in [6.07, 6.45) is 5.65. The minimum Gasteiger partial charge on any atom is -0.482 e. The van der Waals surface area contributed by atoms with Crippen molar-refractivity contribution < 1.29 is 18.7 Å². The number of ether oxygens (including phenoxy) is 2. The van der Waals surface area contributed by atoms with Crippen molar-refractivity contribution in [2.45, 2.75) is 25.2 Å². The van der Waals surface area contributed by atoms with E-state index in [9.17, 15) is 9.18 Å². The molecule has 0 radical (unpaired) electrons.